The first-order chi connectivity index (χ1) is 19.4. The summed E-state index contributed by atoms with van der Waals surface area (Å²) in [6, 6.07) is 16.5. The number of rotatable bonds is 9. The number of hydrogen-bond acceptors (Lipinski definition) is 7. The molecule has 210 valence electrons. The van der Waals surface area contributed by atoms with Gasteiger partial charge in [0.05, 0.1) is 32.3 Å². The zero-order valence-corrected chi connectivity index (χ0v) is 23.3. The van der Waals surface area contributed by atoms with Crippen LogP contribution in [0.3, 0.4) is 0 Å². The third kappa shape index (κ3) is 6.26. The molecule has 2 aliphatic rings. The standard InChI is InChI=1S/C31H36N4O5/c1-22-6-7-25(19-23(22)2)27-20-28(29-5-4-16-40-29)35(32-27)30(36)21-34(13-12-33-14-17-39-18-15-33)31(37)24-8-10-26(38-3)11-9-24/h4-11,16,19,28H,12-15,17-18,20-21H2,1-3H3. The second-order valence-corrected chi connectivity index (χ2v) is 10.2. The van der Waals surface area contributed by atoms with Crippen molar-refractivity contribution in [2.24, 2.45) is 5.10 Å². The Morgan fingerprint density at radius 2 is 1.82 bits per heavy atom. The molecule has 1 saturated heterocycles. The molecule has 0 aliphatic carbocycles. The summed E-state index contributed by atoms with van der Waals surface area (Å²) in [7, 11) is 1.59. The Morgan fingerprint density at radius 3 is 2.50 bits per heavy atom. The maximum absolute atomic E-state index is 13.9. The fraction of sp³-hybridized carbons (Fsp3) is 0.387. The Bertz CT molecular complexity index is 1350. The number of morpholine rings is 1. The zero-order valence-electron chi connectivity index (χ0n) is 23.3. The third-order valence-electron chi connectivity index (χ3n) is 7.62. The van der Waals surface area contributed by atoms with Gasteiger partial charge in [-0.15, -0.1) is 0 Å². The van der Waals surface area contributed by atoms with Gasteiger partial charge in [-0.3, -0.25) is 14.5 Å². The van der Waals surface area contributed by atoms with Crippen LogP contribution < -0.4 is 4.74 Å². The van der Waals surface area contributed by atoms with Gasteiger partial charge in [0.15, 0.2) is 0 Å². The second-order valence-electron chi connectivity index (χ2n) is 10.2. The summed E-state index contributed by atoms with van der Waals surface area (Å²) >= 11 is 0. The minimum atomic E-state index is -0.378. The van der Waals surface area contributed by atoms with Gasteiger partial charge >= 0.3 is 0 Å². The van der Waals surface area contributed by atoms with Crippen molar-refractivity contribution in [2.75, 3.05) is 53.0 Å². The van der Waals surface area contributed by atoms with Gasteiger partial charge in [-0.25, -0.2) is 5.01 Å². The van der Waals surface area contributed by atoms with Crippen molar-refractivity contribution in [3.8, 4) is 5.75 Å². The number of benzene rings is 2. The Morgan fingerprint density at radius 1 is 1.05 bits per heavy atom. The zero-order chi connectivity index (χ0) is 28.1. The average molecular weight is 545 g/mol. The van der Waals surface area contributed by atoms with E-state index in [-0.39, 0.29) is 24.4 Å². The van der Waals surface area contributed by atoms with Gasteiger partial charge in [0.2, 0.25) is 0 Å². The molecule has 2 aliphatic heterocycles. The molecule has 9 nitrogen and oxygen atoms in total. The van der Waals surface area contributed by atoms with Crippen LogP contribution in [0, 0.1) is 13.8 Å². The van der Waals surface area contributed by atoms with Crippen molar-refractivity contribution in [1.29, 1.82) is 0 Å². The third-order valence-corrected chi connectivity index (χ3v) is 7.62. The Labute approximate surface area is 234 Å². The summed E-state index contributed by atoms with van der Waals surface area (Å²) in [5.41, 5.74) is 4.66. The SMILES string of the molecule is COc1ccc(C(=O)N(CCN2CCOCC2)CC(=O)N2N=C(c3ccc(C)c(C)c3)CC2c2ccco2)cc1. The predicted molar refractivity (Wildman–Crippen MR) is 152 cm³/mol. The molecule has 2 amide bonds. The maximum Gasteiger partial charge on any atom is 0.262 e. The lowest BCUT2D eigenvalue weighted by atomic mass is 9.99. The van der Waals surface area contributed by atoms with Gasteiger partial charge in [0.25, 0.3) is 11.8 Å². The molecule has 5 rings (SSSR count). The predicted octanol–water partition coefficient (Wildman–Crippen LogP) is 4.06. The summed E-state index contributed by atoms with van der Waals surface area (Å²) in [6.07, 6.45) is 2.13. The monoisotopic (exact) mass is 544 g/mol. The molecule has 0 bridgehead atoms. The van der Waals surface area contributed by atoms with E-state index in [0.29, 0.717) is 49.8 Å². The van der Waals surface area contributed by atoms with Gasteiger partial charge in [-0.05, 0) is 73.0 Å². The normalized spacial score (nSPS) is 17.5. The van der Waals surface area contributed by atoms with E-state index in [9.17, 15) is 9.59 Å². The number of aryl methyl sites for hydroxylation is 2. The Balaban J connectivity index is 1.39. The van der Waals surface area contributed by atoms with E-state index in [1.165, 1.54) is 16.1 Å². The fourth-order valence-corrected chi connectivity index (χ4v) is 5.03. The van der Waals surface area contributed by atoms with Crippen LogP contribution in [0.2, 0.25) is 0 Å². The molecule has 0 saturated carbocycles. The van der Waals surface area contributed by atoms with Crippen LogP contribution in [0.5, 0.6) is 5.75 Å². The van der Waals surface area contributed by atoms with Crippen LogP contribution in [-0.4, -0.2) is 85.4 Å². The van der Waals surface area contributed by atoms with Crippen LogP contribution in [0.15, 0.2) is 70.4 Å². The van der Waals surface area contributed by atoms with Gasteiger partial charge in [-0.1, -0.05) is 12.1 Å². The van der Waals surface area contributed by atoms with Crippen molar-refractivity contribution >= 4 is 17.5 Å². The quantitative estimate of drug-likeness (QED) is 0.404. The number of methoxy groups -OCH3 is 1. The highest BCUT2D eigenvalue weighted by Gasteiger charge is 2.36. The minimum absolute atomic E-state index is 0.101. The molecule has 2 aromatic carbocycles. The number of hydrazone groups is 1. The maximum atomic E-state index is 13.9. The van der Waals surface area contributed by atoms with Gasteiger partial charge in [0, 0.05) is 38.2 Å². The average Bonchev–Trinajstić information content (AvgIpc) is 3.68. The first-order valence-corrected chi connectivity index (χ1v) is 13.7. The molecular formula is C31H36N4O5. The highest BCUT2D eigenvalue weighted by molar-refractivity contribution is 6.04. The summed E-state index contributed by atoms with van der Waals surface area (Å²) in [4.78, 5) is 31.4. The van der Waals surface area contributed by atoms with Crippen LogP contribution in [0.25, 0.3) is 0 Å². The number of amides is 2. The molecule has 0 radical (unpaired) electrons. The molecule has 40 heavy (non-hydrogen) atoms. The Kier molecular flexibility index (Phi) is 8.62. The number of ether oxygens (including phenoxy) is 2. The number of carbonyl (C=O) groups excluding carboxylic acids is 2. The minimum Gasteiger partial charge on any atom is -0.497 e. The van der Waals surface area contributed by atoms with E-state index in [4.69, 9.17) is 19.0 Å². The molecule has 9 heteroatoms. The van der Waals surface area contributed by atoms with E-state index < -0.39 is 0 Å². The molecule has 1 atom stereocenters. The summed E-state index contributed by atoms with van der Waals surface area (Å²) in [5, 5.41) is 6.28. The summed E-state index contributed by atoms with van der Waals surface area (Å²) in [6.45, 7) is 8.03. The second kappa shape index (κ2) is 12.5. The van der Waals surface area contributed by atoms with Crippen molar-refractivity contribution < 1.29 is 23.5 Å². The van der Waals surface area contributed by atoms with E-state index in [1.54, 1.807) is 42.5 Å². The van der Waals surface area contributed by atoms with Gasteiger partial charge in [-0.2, -0.15) is 5.10 Å². The smallest absolute Gasteiger partial charge is 0.262 e. The largest absolute Gasteiger partial charge is 0.497 e. The van der Waals surface area contributed by atoms with Crippen LogP contribution in [-0.2, 0) is 9.53 Å². The van der Waals surface area contributed by atoms with Crippen LogP contribution >= 0.6 is 0 Å². The molecular weight excluding hydrogens is 508 g/mol. The first-order valence-electron chi connectivity index (χ1n) is 13.7. The van der Waals surface area contributed by atoms with Crippen molar-refractivity contribution in [3.63, 3.8) is 0 Å². The Hall–Kier alpha value is -3.95. The van der Waals surface area contributed by atoms with Crippen molar-refractivity contribution in [1.82, 2.24) is 14.8 Å². The van der Waals surface area contributed by atoms with Crippen LogP contribution in [0.4, 0.5) is 0 Å². The lowest BCUT2D eigenvalue weighted by Crippen LogP contribution is -2.46. The fourth-order valence-electron chi connectivity index (χ4n) is 5.03. The molecule has 1 fully saturated rings. The molecule has 3 aromatic rings. The van der Waals surface area contributed by atoms with Crippen LogP contribution in [0.1, 0.15) is 45.3 Å². The number of furan rings is 1. The summed E-state index contributed by atoms with van der Waals surface area (Å²) in [5.74, 6) is 0.858. The first kappa shape index (κ1) is 27.6. The molecule has 3 heterocycles. The molecule has 1 aromatic heterocycles. The topological polar surface area (TPSA) is 87.8 Å². The lowest BCUT2D eigenvalue weighted by Gasteiger charge is -2.31. The van der Waals surface area contributed by atoms with E-state index in [2.05, 4.69) is 30.9 Å². The highest BCUT2D eigenvalue weighted by Crippen LogP contribution is 2.33. The molecule has 1 unspecified atom stereocenters. The van der Waals surface area contributed by atoms with Crippen molar-refractivity contribution in [2.45, 2.75) is 26.3 Å². The van der Waals surface area contributed by atoms with Gasteiger partial charge < -0.3 is 18.8 Å². The number of carbonyl (C=O) groups is 2. The molecule has 0 N–H and O–H groups in total. The highest BCUT2D eigenvalue weighted by atomic mass is 16.5. The van der Waals surface area contributed by atoms with E-state index in [1.807, 2.05) is 18.2 Å². The molecule has 0 spiro atoms. The van der Waals surface area contributed by atoms with Gasteiger partial charge in [0.1, 0.15) is 24.1 Å². The van der Waals surface area contributed by atoms with E-state index in [0.717, 1.165) is 24.4 Å². The summed E-state index contributed by atoms with van der Waals surface area (Å²) < 4.78 is 16.4. The number of nitrogens with zero attached hydrogens (tertiary/aromatic N) is 4. The number of hydrogen-bond donors (Lipinski definition) is 0. The van der Waals surface area contributed by atoms with E-state index >= 15 is 0 Å². The van der Waals surface area contributed by atoms with Crippen molar-refractivity contribution in [3.05, 3.63) is 88.9 Å². The lowest BCUT2D eigenvalue weighted by molar-refractivity contribution is -0.134.